The number of nitrogens with one attached hydrogen (secondary N) is 1. The number of amides is 1. The Morgan fingerprint density at radius 3 is 2.89 bits per heavy atom. The monoisotopic (exact) mass is 248 g/mol. The van der Waals surface area contributed by atoms with Gasteiger partial charge >= 0.3 is 0 Å². The summed E-state index contributed by atoms with van der Waals surface area (Å²) in [6.45, 7) is 4.81. The molecule has 1 aromatic carbocycles. The van der Waals surface area contributed by atoms with Crippen LogP contribution in [0.15, 0.2) is 24.3 Å². The number of rotatable bonds is 7. The minimum absolute atomic E-state index is 0.111. The molecule has 3 nitrogen and oxygen atoms in total. The Labute approximate surface area is 110 Å². The molecule has 0 fully saturated rings. The average Bonchev–Trinajstić information content (AvgIpc) is 2.36. The van der Waals surface area contributed by atoms with Crippen LogP contribution in [-0.2, 0) is 11.2 Å². The fraction of sp³-hybridized carbons (Fsp3) is 0.533. The number of aryl methyl sites for hydroxylation is 2. The van der Waals surface area contributed by atoms with E-state index < -0.39 is 0 Å². The van der Waals surface area contributed by atoms with Crippen molar-refractivity contribution in [2.75, 3.05) is 6.54 Å². The molecule has 1 rings (SSSR count). The molecule has 0 aliphatic heterocycles. The summed E-state index contributed by atoms with van der Waals surface area (Å²) in [4.78, 5) is 11.6. The lowest BCUT2D eigenvalue weighted by Crippen LogP contribution is -2.30. The zero-order valence-electron chi connectivity index (χ0n) is 11.4. The second-order valence-corrected chi connectivity index (χ2v) is 4.80. The van der Waals surface area contributed by atoms with Gasteiger partial charge in [0.1, 0.15) is 0 Å². The predicted octanol–water partition coefficient (Wildman–Crippen LogP) is 2.17. The predicted molar refractivity (Wildman–Crippen MR) is 75.4 cm³/mol. The third kappa shape index (κ3) is 5.82. The van der Waals surface area contributed by atoms with Crippen LogP contribution in [0.3, 0.4) is 0 Å². The van der Waals surface area contributed by atoms with Gasteiger partial charge in [-0.15, -0.1) is 0 Å². The van der Waals surface area contributed by atoms with Crippen molar-refractivity contribution in [3.05, 3.63) is 35.4 Å². The van der Waals surface area contributed by atoms with E-state index in [1.165, 1.54) is 11.1 Å². The van der Waals surface area contributed by atoms with Crippen LogP contribution in [0.25, 0.3) is 0 Å². The van der Waals surface area contributed by atoms with Gasteiger partial charge in [0, 0.05) is 19.0 Å². The average molecular weight is 248 g/mol. The fourth-order valence-corrected chi connectivity index (χ4v) is 1.82. The summed E-state index contributed by atoms with van der Waals surface area (Å²) >= 11 is 0. The van der Waals surface area contributed by atoms with Crippen molar-refractivity contribution in [2.24, 2.45) is 5.73 Å². The molecule has 0 saturated heterocycles. The van der Waals surface area contributed by atoms with Crippen LogP contribution in [-0.4, -0.2) is 18.5 Å². The standard InChI is InChI=1S/C15H24N2O/c1-3-14(16)9-10-17-15(18)8-7-13-6-4-5-12(2)11-13/h4-6,11,14H,3,7-10,16H2,1-2H3,(H,17,18). The Morgan fingerprint density at radius 2 is 2.22 bits per heavy atom. The van der Waals surface area contributed by atoms with Crippen LogP contribution in [0.1, 0.15) is 37.3 Å². The van der Waals surface area contributed by atoms with E-state index in [4.69, 9.17) is 5.73 Å². The summed E-state index contributed by atoms with van der Waals surface area (Å²) in [5, 5.41) is 2.91. The summed E-state index contributed by atoms with van der Waals surface area (Å²) in [5.41, 5.74) is 8.25. The van der Waals surface area contributed by atoms with Crippen LogP contribution in [0.4, 0.5) is 0 Å². The summed E-state index contributed by atoms with van der Waals surface area (Å²) < 4.78 is 0. The lowest BCUT2D eigenvalue weighted by atomic mass is 10.1. The van der Waals surface area contributed by atoms with E-state index in [1.54, 1.807) is 0 Å². The zero-order valence-corrected chi connectivity index (χ0v) is 11.4. The maximum Gasteiger partial charge on any atom is 0.220 e. The Kier molecular flexibility index (Phi) is 6.44. The van der Waals surface area contributed by atoms with E-state index in [0.717, 1.165) is 19.3 Å². The molecule has 0 spiro atoms. The summed E-state index contributed by atoms with van der Waals surface area (Å²) in [5.74, 6) is 0.111. The molecule has 0 radical (unpaired) electrons. The number of hydrogen-bond donors (Lipinski definition) is 2. The maximum atomic E-state index is 11.6. The van der Waals surface area contributed by atoms with Gasteiger partial charge in [-0.3, -0.25) is 4.79 Å². The second-order valence-electron chi connectivity index (χ2n) is 4.80. The van der Waals surface area contributed by atoms with Crippen LogP contribution in [0, 0.1) is 6.92 Å². The van der Waals surface area contributed by atoms with Gasteiger partial charge in [0.05, 0.1) is 0 Å². The van der Waals surface area contributed by atoms with Crippen molar-refractivity contribution in [3.63, 3.8) is 0 Å². The molecule has 1 unspecified atom stereocenters. The largest absolute Gasteiger partial charge is 0.356 e. The highest BCUT2D eigenvalue weighted by molar-refractivity contribution is 5.76. The maximum absolute atomic E-state index is 11.6. The van der Waals surface area contributed by atoms with Crippen molar-refractivity contribution in [1.29, 1.82) is 0 Å². The quantitative estimate of drug-likeness (QED) is 0.777. The Balaban J connectivity index is 2.21. The minimum atomic E-state index is 0.111. The van der Waals surface area contributed by atoms with Crippen molar-refractivity contribution in [2.45, 2.75) is 45.6 Å². The number of nitrogens with two attached hydrogens (primary N) is 1. The van der Waals surface area contributed by atoms with Crippen LogP contribution < -0.4 is 11.1 Å². The lowest BCUT2D eigenvalue weighted by Gasteiger charge is -2.09. The van der Waals surface area contributed by atoms with Gasteiger partial charge in [-0.05, 0) is 31.7 Å². The van der Waals surface area contributed by atoms with Crippen LogP contribution in [0.5, 0.6) is 0 Å². The minimum Gasteiger partial charge on any atom is -0.356 e. The Morgan fingerprint density at radius 1 is 1.44 bits per heavy atom. The number of hydrogen-bond acceptors (Lipinski definition) is 2. The van der Waals surface area contributed by atoms with Gasteiger partial charge in [0.25, 0.3) is 0 Å². The van der Waals surface area contributed by atoms with E-state index in [-0.39, 0.29) is 11.9 Å². The topological polar surface area (TPSA) is 55.1 Å². The highest BCUT2D eigenvalue weighted by Gasteiger charge is 2.03. The number of carbonyl (C=O) groups excluding carboxylic acids is 1. The highest BCUT2D eigenvalue weighted by atomic mass is 16.1. The Hall–Kier alpha value is -1.35. The molecule has 0 aliphatic rings. The molecular formula is C15H24N2O. The summed E-state index contributed by atoms with van der Waals surface area (Å²) in [7, 11) is 0. The normalized spacial score (nSPS) is 12.2. The van der Waals surface area contributed by atoms with E-state index >= 15 is 0 Å². The van der Waals surface area contributed by atoms with E-state index in [1.807, 2.05) is 6.07 Å². The van der Waals surface area contributed by atoms with Crippen molar-refractivity contribution in [3.8, 4) is 0 Å². The van der Waals surface area contributed by atoms with Crippen molar-refractivity contribution >= 4 is 5.91 Å². The molecule has 1 aromatic rings. The van der Waals surface area contributed by atoms with E-state index in [9.17, 15) is 4.79 Å². The van der Waals surface area contributed by atoms with Gasteiger partial charge in [0.15, 0.2) is 0 Å². The first-order valence-electron chi connectivity index (χ1n) is 6.69. The molecule has 0 heterocycles. The smallest absolute Gasteiger partial charge is 0.220 e. The van der Waals surface area contributed by atoms with Gasteiger partial charge in [-0.25, -0.2) is 0 Å². The molecule has 1 atom stereocenters. The van der Waals surface area contributed by atoms with Gasteiger partial charge < -0.3 is 11.1 Å². The molecule has 100 valence electrons. The first-order chi connectivity index (χ1) is 8.61. The first kappa shape index (κ1) is 14.7. The molecule has 3 N–H and O–H groups in total. The van der Waals surface area contributed by atoms with Crippen LogP contribution >= 0.6 is 0 Å². The van der Waals surface area contributed by atoms with Gasteiger partial charge in [-0.2, -0.15) is 0 Å². The Bertz CT molecular complexity index is 377. The van der Waals surface area contributed by atoms with Crippen molar-refractivity contribution in [1.82, 2.24) is 5.32 Å². The third-order valence-corrected chi connectivity index (χ3v) is 3.08. The van der Waals surface area contributed by atoms with Gasteiger partial charge in [0.2, 0.25) is 5.91 Å². The number of carbonyl (C=O) groups is 1. The molecule has 0 saturated carbocycles. The van der Waals surface area contributed by atoms with Gasteiger partial charge in [-0.1, -0.05) is 36.8 Å². The molecule has 18 heavy (non-hydrogen) atoms. The van der Waals surface area contributed by atoms with E-state index in [0.29, 0.717) is 13.0 Å². The highest BCUT2D eigenvalue weighted by Crippen LogP contribution is 2.06. The zero-order chi connectivity index (χ0) is 13.4. The number of benzene rings is 1. The van der Waals surface area contributed by atoms with Crippen LogP contribution in [0.2, 0.25) is 0 Å². The second kappa shape index (κ2) is 7.88. The third-order valence-electron chi connectivity index (χ3n) is 3.08. The van der Waals surface area contributed by atoms with Crippen molar-refractivity contribution < 1.29 is 4.79 Å². The molecule has 0 bridgehead atoms. The molecule has 3 heteroatoms. The SMILES string of the molecule is CCC(N)CCNC(=O)CCc1cccc(C)c1. The first-order valence-corrected chi connectivity index (χ1v) is 6.69. The molecule has 0 aliphatic carbocycles. The molecule has 1 amide bonds. The summed E-state index contributed by atoms with van der Waals surface area (Å²) in [6.07, 6.45) is 3.16. The summed E-state index contributed by atoms with van der Waals surface area (Å²) in [6, 6.07) is 8.48. The molecule has 0 aromatic heterocycles. The lowest BCUT2D eigenvalue weighted by molar-refractivity contribution is -0.121. The molecular weight excluding hydrogens is 224 g/mol. The fourth-order valence-electron chi connectivity index (χ4n) is 1.82. The van der Waals surface area contributed by atoms with E-state index in [2.05, 4.69) is 37.4 Å².